The van der Waals surface area contributed by atoms with E-state index in [9.17, 15) is 5.11 Å². The molecule has 138 valence electrons. The van der Waals surface area contributed by atoms with Crippen LogP contribution in [0, 0.1) is 5.41 Å². The molecular weight excluding hydrogens is 407 g/mol. The van der Waals surface area contributed by atoms with Gasteiger partial charge in [-0.05, 0) is 40.7 Å². The Morgan fingerprint density at radius 2 is 2.13 bits per heavy atom. The molecule has 1 rings (SSSR count). The normalized spacial score (nSPS) is 21.6. The van der Waals surface area contributed by atoms with Gasteiger partial charge in [0.1, 0.15) is 0 Å². The van der Waals surface area contributed by atoms with E-state index in [4.69, 9.17) is 9.73 Å². The number of hydrogen-bond acceptors (Lipinski definition) is 4. The number of nitrogens with one attached hydrogen (secondary N) is 2. The fraction of sp³-hybridized carbons (Fsp3) is 0.938. The molecule has 0 saturated carbocycles. The third kappa shape index (κ3) is 8.51. The average molecular weight is 442 g/mol. The van der Waals surface area contributed by atoms with Gasteiger partial charge in [0.15, 0.2) is 5.96 Å². The molecule has 0 aromatic rings. The van der Waals surface area contributed by atoms with Gasteiger partial charge in [0.25, 0.3) is 0 Å². The average Bonchev–Trinajstić information content (AvgIpc) is 2.94. The summed E-state index contributed by atoms with van der Waals surface area (Å²) < 4.78 is 5.52. The molecule has 7 heteroatoms. The van der Waals surface area contributed by atoms with E-state index < -0.39 is 0 Å². The van der Waals surface area contributed by atoms with Crippen molar-refractivity contribution in [1.29, 1.82) is 0 Å². The highest BCUT2D eigenvalue weighted by molar-refractivity contribution is 14.0. The Balaban J connectivity index is 0.00000484. The number of aliphatic hydroxyl groups excluding tert-OH is 1. The van der Waals surface area contributed by atoms with Crippen LogP contribution in [0.15, 0.2) is 4.99 Å². The lowest BCUT2D eigenvalue weighted by Gasteiger charge is -2.25. The summed E-state index contributed by atoms with van der Waals surface area (Å²) >= 11 is 0. The van der Waals surface area contributed by atoms with Crippen LogP contribution in [-0.4, -0.2) is 75.1 Å². The number of rotatable bonds is 9. The van der Waals surface area contributed by atoms with Crippen LogP contribution in [0.2, 0.25) is 0 Å². The Labute approximate surface area is 158 Å². The lowest BCUT2D eigenvalue weighted by Crippen LogP contribution is -2.42. The zero-order valence-electron chi connectivity index (χ0n) is 15.1. The minimum atomic E-state index is 0. The number of hydrogen-bond donors (Lipinski definition) is 3. The van der Waals surface area contributed by atoms with Crippen molar-refractivity contribution >= 4 is 29.9 Å². The first kappa shape index (κ1) is 22.9. The Morgan fingerprint density at radius 3 is 2.65 bits per heavy atom. The third-order valence-corrected chi connectivity index (χ3v) is 4.38. The second-order valence-corrected chi connectivity index (χ2v) is 6.47. The summed E-state index contributed by atoms with van der Waals surface area (Å²) in [6, 6.07) is 0.546. The number of halogens is 1. The molecule has 0 amide bonds. The summed E-state index contributed by atoms with van der Waals surface area (Å²) in [6.07, 6.45) is 1.73. The lowest BCUT2D eigenvalue weighted by molar-refractivity contribution is 0.131. The highest BCUT2D eigenvalue weighted by Gasteiger charge is 2.34. The van der Waals surface area contributed by atoms with Gasteiger partial charge in [-0.1, -0.05) is 0 Å². The number of likely N-dealkylation sites (N-methyl/N-ethyl adjacent to an activating group) is 1. The van der Waals surface area contributed by atoms with Crippen LogP contribution in [0.4, 0.5) is 0 Å². The summed E-state index contributed by atoms with van der Waals surface area (Å²) in [5.41, 5.74) is 0.00578. The van der Waals surface area contributed by atoms with Crippen molar-refractivity contribution in [2.24, 2.45) is 10.4 Å². The molecular formula is C16H35IN4O2. The van der Waals surface area contributed by atoms with E-state index in [0.29, 0.717) is 19.2 Å². The molecule has 0 radical (unpaired) electrons. The van der Waals surface area contributed by atoms with E-state index in [2.05, 4.69) is 43.4 Å². The largest absolute Gasteiger partial charge is 0.396 e. The Bertz CT molecular complexity index is 334. The third-order valence-electron chi connectivity index (χ3n) is 4.38. The van der Waals surface area contributed by atoms with Gasteiger partial charge < -0.3 is 25.4 Å². The van der Waals surface area contributed by atoms with Gasteiger partial charge in [0, 0.05) is 44.3 Å². The Hall–Kier alpha value is -0.120. The van der Waals surface area contributed by atoms with E-state index in [0.717, 1.165) is 45.0 Å². The lowest BCUT2D eigenvalue weighted by atomic mass is 9.84. The zero-order valence-corrected chi connectivity index (χ0v) is 17.4. The molecule has 1 aliphatic rings. The fourth-order valence-corrected chi connectivity index (χ4v) is 2.48. The summed E-state index contributed by atoms with van der Waals surface area (Å²) in [4.78, 5) is 7.01. The molecule has 1 unspecified atom stereocenters. The van der Waals surface area contributed by atoms with Crippen molar-refractivity contribution in [2.75, 3.05) is 53.0 Å². The quantitative estimate of drug-likeness (QED) is 0.285. The van der Waals surface area contributed by atoms with Crippen LogP contribution >= 0.6 is 24.0 Å². The molecule has 1 fully saturated rings. The van der Waals surface area contributed by atoms with Crippen LogP contribution in [0.1, 0.15) is 33.6 Å². The van der Waals surface area contributed by atoms with E-state index in [1.165, 1.54) is 0 Å². The van der Waals surface area contributed by atoms with Crippen LogP contribution in [0.3, 0.4) is 0 Å². The van der Waals surface area contributed by atoms with E-state index in [1.807, 2.05) is 0 Å². The van der Waals surface area contributed by atoms with Crippen molar-refractivity contribution in [1.82, 2.24) is 15.5 Å². The summed E-state index contributed by atoms with van der Waals surface area (Å²) in [6.45, 7) is 11.5. The number of guanidine groups is 1. The molecule has 23 heavy (non-hydrogen) atoms. The molecule has 0 spiro atoms. The maximum Gasteiger partial charge on any atom is 0.191 e. The molecule has 1 heterocycles. The maximum atomic E-state index is 9.27. The standard InChI is InChI=1S/C16H34N4O2.HI/c1-5-17-15(18-8-9-20(4)14(2)3)19-12-16(6-10-21)7-11-22-13-16;/h14,21H,5-13H2,1-4H3,(H2,17,18,19);1H. The highest BCUT2D eigenvalue weighted by atomic mass is 127. The van der Waals surface area contributed by atoms with Gasteiger partial charge >= 0.3 is 0 Å². The van der Waals surface area contributed by atoms with Crippen LogP contribution < -0.4 is 10.6 Å². The fourth-order valence-electron chi connectivity index (χ4n) is 2.48. The van der Waals surface area contributed by atoms with Gasteiger partial charge in [0.2, 0.25) is 0 Å². The second kappa shape index (κ2) is 12.3. The summed E-state index contributed by atoms with van der Waals surface area (Å²) in [7, 11) is 2.13. The monoisotopic (exact) mass is 442 g/mol. The van der Waals surface area contributed by atoms with Crippen molar-refractivity contribution in [3.8, 4) is 0 Å². The molecule has 1 aliphatic heterocycles. The first-order chi connectivity index (χ1) is 10.5. The van der Waals surface area contributed by atoms with Gasteiger partial charge in [-0.2, -0.15) is 0 Å². The van der Waals surface area contributed by atoms with Crippen molar-refractivity contribution in [2.45, 2.75) is 39.7 Å². The minimum Gasteiger partial charge on any atom is -0.396 e. The second-order valence-electron chi connectivity index (χ2n) is 6.47. The zero-order chi connectivity index (χ0) is 16.4. The molecule has 3 N–H and O–H groups in total. The predicted octanol–water partition coefficient (Wildman–Crippen LogP) is 1.29. The van der Waals surface area contributed by atoms with Crippen molar-refractivity contribution in [3.05, 3.63) is 0 Å². The van der Waals surface area contributed by atoms with E-state index in [-0.39, 0.29) is 36.0 Å². The number of ether oxygens (including phenoxy) is 1. The van der Waals surface area contributed by atoms with E-state index >= 15 is 0 Å². The van der Waals surface area contributed by atoms with Crippen LogP contribution in [0.25, 0.3) is 0 Å². The van der Waals surface area contributed by atoms with E-state index in [1.54, 1.807) is 0 Å². The molecule has 0 aliphatic carbocycles. The predicted molar refractivity (Wildman–Crippen MR) is 107 cm³/mol. The Morgan fingerprint density at radius 1 is 1.39 bits per heavy atom. The maximum absolute atomic E-state index is 9.27. The minimum absolute atomic E-state index is 0. The number of aliphatic imine (C=N–C) groups is 1. The summed E-state index contributed by atoms with van der Waals surface area (Å²) in [5.74, 6) is 0.851. The van der Waals surface area contributed by atoms with Crippen LogP contribution in [0.5, 0.6) is 0 Å². The van der Waals surface area contributed by atoms with Gasteiger partial charge in [-0.15, -0.1) is 24.0 Å². The Kier molecular flexibility index (Phi) is 12.2. The first-order valence-corrected chi connectivity index (χ1v) is 8.44. The molecule has 0 aromatic heterocycles. The first-order valence-electron chi connectivity index (χ1n) is 8.44. The van der Waals surface area contributed by atoms with Gasteiger partial charge in [-0.3, -0.25) is 4.99 Å². The molecule has 0 aromatic carbocycles. The molecule has 1 atom stereocenters. The van der Waals surface area contributed by atoms with Crippen molar-refractivity contribution in [3.63, 3.8) is 0 Å². The molecule has 0 bridgehead atoms. The van der Waals surface area contributed by atoms with Crippen LogP contribution in [-0.2, 0) is 4.74 Å². The SMILES string of the molecule is CCNC(=NCC1(CCO)CCOC1)NCCN(C)C(C)C.I. The van der Waals surface area contributed by atoms with Crippen molar-refractivity contribution < 1.29 is 9.84 Å². The molecule has 1 saturated heterocycles. The summed E-state index contributed by atoms with van der Waals surface area (Å²) in [5, 5.41) is 15.9. The van der Waals surface area contributed by atoms with Gasteiger partial charge in [-0.25, -0.2) is 0 Å². The molecule has 6 nitrogen and oxygen atoms in total. The highest BCUT2D eigenvalue weighted by Crippen LogP contribution is 2.32. The topological polar surface area (TPSA) is 69.1 Å². The number of nitrogens with zero attached hydrogens (tertiary/aromatic N) is 2. The smallest absolute Gasteiger partial charge is 0.191 e. The number of aliphatic hydroxyl groups is 1. The van der Waals surface area contributed by atoms with Gasteiger partial charge in [0.05, 0.1) is 13.2 Å².